The van der Waals surface area contributed by atoms with Crippen molar-refractivity contribution in [3.05, 3.63) is 130 Å². The van der Waals surface area contributed by atoms with Gasteiger partial charge in [-0.15, -0.1) is 38.5 Å². The Kier molecular flexibility index (Phi) is 13.4. The second-order valence-electron chi connectivity index (χ2n) is 8.76. The minimum absolute atomic E-state index is 0.754. The van der Waals surface area contributed by atoms with Crippen molar-refractivity contribution in [2.24, 2.45) is 0 Å². The van der Waals surface area contributed by atoms with Crippen LogP contribution in [0.1, 0.15) is 48.9 Å². The molecule has 0 saturated heterocycles. The van der Waals surface area contributed by atoms with Gasteiger partial charge in [0.15, 0.2) is 0 Å². The van der Waals surface area contributed by atoms with Crippen molar-refractivity contribution in [2.45, 2.75) is 26.7 Å². The van der Waals surface area contributed by atoms with Crippen LogP contribution in [0.15, 0.2) is 108 Å². The number of terminal acetylenes is 6. The van der Waals surface area contributed by atoms with Crippen LogP contribution < -0.4 is 0 Å². The van der Waals surface area contributed by atoms with Gasteiger partial charge in [-0.1, -0.05) is 134 Å². The monoisotopic (exact) mass is 536 g/mol. The van der Waals surface area contributed by atoms with E-state index in [9.17, 15) is 0 Å². The highest BCUT2D eigenvalue weighted by atomic mass is 14.1. The van der Waals surface area contributed by atoms with Crippen LogP contribution in [0, 0.1) is 74.1 Å². The Labute approximate surface area is 252 Å². The minimum atomic E-state index is 0.754. The van der Waals surface area contributed by atoms with E-state index in [0.29, 0.717) is 0 Å². The smallest absolute Gasteiger partial charge is 0.0477 e. The van der Waals surface area contributed by atoms with Crippen LogP contribution in [0.25, 0.3) is 21.9 Å². The predicted octanol–water partition coefficient (Wildman–Crippen LogP) is 9.04. The third kappa shape index (κ3) is 8.75. The van der Waals surface area contributed by atoms with E-state index in [1.807, 2.05) is 111 Å². The molecule has 0 aliphatic rings. The topological polar surface area (TPSA) is 0 Å². The van der Waals surface area contributed by atoms with Gasteiger partial charge in [0.1, 0.15) is 0 Å². The molecule has 0 unspecified atom stereocenters. The molecule has 0 nitrogen and oxygen atoms in total. The van der Waals surface area contributed by atoms with Gasteiger partial charge in [0.25, 0.3) is 0 Å². The number of allylic oxidation sites excluding steroid dienone is 4. The fourth-order valence-electron chi connectivity index (χ4n) is 4.09. The van der Waals surface area contributed by atoms with Crippen molar-refractivity contribution >= 4 is 21.9 Å². The van der Waals surface area contributed by atoms with E-state index in [0.717, 1.165) is 68.2 Å². The van der Waals surface area contributed by atoms with Gasteiger partial charge in [-0.3, -0.25) is 0 Å². The van der Waals surface area contributed by atoms with Gasteiger partial charge in [-0.2, -0.15) is 0 Å². The molecular weight excluding hydrogens is 504 g/mol. The SMILES string of the molecule is C#C/C(=C(\C#C)c1ccccc1)c1ccccc1.C#C/C(CC)=C(\C#C)CC.C#Cc1cc2ccccc2cc1C#C. The molecule has 0 aromatic heterocycles. The molecule has 0 amide bonds. The maximum absolute atomic E-state index is 5.62. The van der Waals surface area contributed by atoms with Crippen LogP contribution in [-0.4, -0.2) is 0 Å². The highest BCUT2D eigenvalue weighted by Crippen LogP contribution is 2.25. The highest BCUT2D eigenvalue weighted by Gasteiger charge is 2.07. The van der Waals surface area contributed by atoms with Gasteiger partial charge in [-0.05, 0) is 46.9 Å². The molecule has 0 N–H and O–H groups in total. The Bertz CT molecular complexity index is 1680. The van der Waals surface area contributed by atoms with E-state index in [1.165, 1.54) is 0 Å². The zero-order valence-corrected chi connectivity index (χ0v) is 24.1. The van der Waals surface area contributed by atoms with Crippen LogP contribution in [0.4, 0.5) is 0 Å². The average molecular weight is 537 g/mol. The fourth-order valence-corrected chi connectivity index (χ4v) is 4.09. The Morgan fingerprint density at radius 2 is 0.810 bits per heavy atom. The Balaban J connectivity index is 0.000000231. The van der Waals surface area contributed by atoms with Crippen molar-refractivity contribution in [1.82, 2.24) is 0 Å². The largest absolute Gasteiger partial charge is 0.115 e. The van der Waals surface area contributed by atoms with Crippen molar-refractivity contribution in [3.63, 3.8) is 0 Å². The first-order chi connectivity index (χ1) is 20.5. The summed E-state index contributed by atoms with van der Waals surface area (Å²) < 4.78 is 0. The lowest BCUT2D eigenvalue weighted by molar-refractivity contribution is 1.07. The zero-order valence-electron chi connectivity index (χ0n) is 24.1. The second kappa shape index (κ2) is 17.5. The summed E-state index contributed by atoms with van der Waals surface area (Å²) in [4.78, 5) is 0. The Morgan fingerprint density at radius 1 is 0.476 bits per heavy atom. The normalized spacial score (nSPS) is 10.5. The summed E-state index contributed by atoms with van der Waals surface area (Å²) in [5.74, 6) is 15.8. The van der Waals surface area contributed by atoms with Crippen molar-refractivity contribution in [3.8, 4) is 74.1 Å². The molecular formula is C42H32. The quantitative estimate of drug-likeness (QED) is 0.180. The van der Waals surface area contributed by atoms with E-state index in [-0.39, 0.29) is 0 Å². The molecule has 0 atom stereocenters. The molecule has 200 valence electrons. The second-order valence-corrected chi connectivity index (χ2v) is 8.76. The van der Waals surface area contributed by atoms with Crippen molar-refractivity contribution < 1.29 is 0 Å². The molecule has 0 aliphatic heterocycles. The van der Waals surface area contributed by atoms with Crippen LogP contribution in [0.2, 0.25) is 0 Å². The predicted molar refractivity (Wildman–Crippen MR) is 182 cm³/mol. The summed E-state index contributed by atoms with van der Waals surface area (Å²) >= 11 is 0. The first kappa shape index (κ1) is 32.2. The molecule has 0 bridgehead atoms. The Morgan fingerprint density at radius 3 is 1.07 bits per heavy atom. The summed E-state index contributed by atoms with van der Waals surface area (Å²) in [5, 5.41) is 2.25. The summed E-state index contributed by atoms with van der Waals surface area (Å²) in [7, 11) is 0. The van der Waals surface area contributed by atoms with Crippen molar-refractivity contribution in [1.29, 1.82) is 0 Å². The minimum Gasteiger partial charge on any atom is -0.115 e. The maximum atomic E-state index is 5.62. The highest BCUT2D eigenvalue weighted by molar-refractivity contribution is 6.03. The van der Waals surface area contributed by atoms with Crippen LogP contribution >= 0.6 is 0 Å². The number of fused-ring (bicyclic) bond motifs is 1. The molecule has 0 heterocycles. The molecule has 4 aromatic carbocycles. The van der Waals surface area contributed by atoms with Gasteiger partial charge < -0.3 is 0 Å². The fraction of sp³-hybridized carbons (Fsp3) is 0.0952. The van der Waals surface area contributed by atoms with Crippen LogP contribution in [0.3, 0.4) is 0 Å². The molecule has 0 heteroatoms. The van der Waals surface area contributed by atoms with E-state index in [4.69, 9.17) is 38.5 Å². The number of hydrogen-bond donors (Lipinski definition) is 0. The van der Waals surface area contributed by atoms with E-state index < -0.39 is 0 Å². The van der Waals surface area contributed by atoms with Crippen LogP contribution in [-0.2, 0) is 0 Å². The van der Waals surface area contributed by atoms with E-state index >= 15 is 0 Å². The van der Waals surface area contributed by atoms with Crippen LogP contribution in [0.5, 0.6) is 0 Å². The third-order valence-corrected chi connectivity index (χ3v) is 6.28. The van der Waals surface area contributed by atoms with E-state index in [2.05, 4.69) is 35.5 Å². The molecule has 4 rings (SSSR count). The molecule has 0 aliphatic carbocycles. The van der Waals surface area contributed by atoms with Crippen molar-refractivity contribution in [2.75, 3.05) is 0 Å². The number of benzene rings is 4. The zero-order chi connectivity index (χ0) is 30.7. The molecule has 42 heavy (non-hydrogen) atoms. The molecule has 0 spiro atoms. The lowest BCUT2D eigenvalue weighted by atomic mass is 9.96. The number of hydrogen-bond acceptors (Lipinski definition) is 0. The van der Waals surface area contributed by atoms with Gasteiger partial charge in [0.2, 0.25) is 0 Å². The summed E-state index contributed by atoms with van der Waals surface area (Å²) in [5.41, 5.74) is 6.94. The van der Waals surface area contributed by atoms with Gasteiger partial charge >= 0.3 is 0 Å². The lowest BCUT2D eigenvalue weighted by Gasteiger charge is -2.06. The average Bonchev–Trinajstić information content (AvgIpc) is 3.06. The standard InChI is InChI=1S/C18H12.C14H8.C10H12/c1-3-17(15-11-7-5-8-12-15)18(4-2)16-13-9-6-10-14-16;1-3-11-9-13-7-5-6-8-14(13)10-12(11)4-2;1-5-9(6-2)10(7-3)8-4/h1-2,5-14H;1-2,5-10H;1,3H,6,8H2,2,4H3/b18-17-;;10-9-. The third-order valence-electron chi connectivity index (χ3n) is 6.28. The summed E-state index contributed by atoms with van der Waals surface area (Å²) in [6.07, 6.45) is 34.2. The first-order valence-electron chi connectivity index (χ1n) is 13.4. The van der Waals surface area contributed by atoms with Gasteiger partial charge in [0, 0.05) is 33.4 Å². The molecule has 0 saturated carbocycles. The van der Waals surface area contributed by atoms with Gasteiger partial charge in [-0.25, -0.2) is 0 Å². The molecule has 0 radical (unpaired) electrons. The summed E-state index contributed by atoms with van der Waals surface area (Å²) in [6, 6.07) is 31.5. The molecule has 4 aromatic rings. The Hall–Kier alpha value is -6.02. The lowest BCUT2D eigenvalue weighted by Crippen LogP contribution is -1.88. The van der Waals surface area contributed by atoms with Gasteiger partial charge in [0.05, 0.1) is 0 Å². The maximum Gasteiger partial charge on any atom is 0.0477 e. The number of rotatable bonds is 4. The summed E-state index contributed by atoms with van der Waals surface area (Å²) in [6.45, 7) is 4.03. The molecule has 0 fully saturated rings. The first-order valence-corrected chi connectivity index (χ1v) is 13.4. The van der Waals surface area contributed by atoms with E-state index in [1.54, 1.807) is 0 Å².